The number of aliphatic hydroxyl groups is 1. The number of cyclic esters (lactones) is 1. The van der Waals surface area contributed by atoms with Crippen molar-refractivity contribution in [1.82, 2.24) is 4.90 Å². The van der Waals surface area contributed by atoms with Crippen LogP contribution in [0.15, 0.2) is 28.7 Å². The molecule has 1 saturated heterocycles. The Morgan fingerprint density at radius 3 is 2.88 bits per heavy atom. The van der Waals surface area contributed by atoms with Crippen molar-refractivity contribution in [2.45, 2.75) is 19.0 Å². The number of halogens is 1. The highest BCUT2D eigenvalue weighted by atomic mass is 79.9. The minimum absolute atomic E-state index is 0.108. The van der Waals surface area contributed by atoms with Crippen molar-refractivity contribution in [3.05, 3.63) is 34.3 Å². The van der Waals surface area contributed by atoms with Gasteiger partial charge in [-0.1, -0.05) is 34.1 Å². The summed E-state index contributed by atoms with van der Waals surface area (Å²) in [4.78, 5) is 13.2. The van der Waals surface area contributed by atoms with Gasteiger partial charge in [-0.05, 0) is 18.6 Å². The van der Waals surface area contributed by atoms with E-state index in [4.69, 9.17) is 4.74 Å². The van der Waals surface area contributed by atoms with Crippen LogP contribution in [0.3, 0.4) is 0 Å². The fourth-order valence-corrected chi connectivity index (χ4v) is 2.19. The smallest absolute Gasteiger partial charge is 0.410 e. The number of carbonyl (C=O) groups excluding carboxylic acids is 1. The van der Waals surface area contributed by atoms with E-state index in [1.807, 2.05) is 31.2 Å². The molecule has 0 saturated carbocycles. The fourth-order valence-electron chi connectivity index (χ4n) is 1.78. The Morgan fingerprint density at radius 1 is 1.53 bits per heavy atom. The van der Waals surface area contributed by atoms with Crippen molar-refractivity contribution in [1.29, 1.82) is 0 Å². The second kappa shape index (κ2) is 4.66. The van der Waals surface area contributed by atoms with Crippen LogP contribution in [0, 0.1) is 0 Å². The van der Waals surface area contributed by atoms with Gasteiger partial charge in [-0.3, -0.25) is 4.90 Å². The topological polar surface area (TPSA) is 49.8 Å². The largest absolute Gasteiger partial charge is 0.447 e. The van der Waals surface area contributed by atoms with Gasteiger partial charge >= 0.3 is 6.09 Å². The van der Waals surface area contributed by atoms with Gasteiger partial charge < -0.3 is 9.84 Å². The molecule has 1 aliphatic rings. The summed E-state index contributed by atoms with van der Waals surface area (Å²) in [7, 11) is 0. The molecule has 1 unspecified atom stereocenters. The zero-order valence-corrected chi connectivity index (χ0v) is 11.1. The molecule has 4 nitrogen and oxygen atoms in total. The minimum atomic E-state index is -0.633. The van der Waals surface area contributed by atoms with E-state index in [-0.39, 0.29) is 19.3 Å². The predicted octanol–water partition coefficient (Wildman–Crippen LogP) is 2.15. The van der Waals surface area contributed by atoms with Crippen LogP contribution < -0.4 is 0 Å². The molecular weight excluding hydrogens is 286 g/mol. The third kappa shape index (κ3) is 2.30. The number of nitrogens with zero attached hydrogens (tertiary/aromatic N) is 1. The second-order valence-electron chi connectivity index (χ2n) is 4.39. The van der Waals surface area contributed by atoms with Crippen molar-refractivity contribution < 1.29 is 14.6 Å². The molecule has 92 valence electrons. The molecule has 1 aromatic carbocycles. The third-order valence-electron chi connectivity index (χ3n) is 3.01. The molecule has 0 aliphatic carbocycles. The average molecular weight is 300 g/mol. The van der Waals surface area contributed by atoms with Crippen molar-refractivity contribution in [2.75, 3.05) is 13.2 Å². The highest BCUT2D eigenvalue weighted by molar-refractivity contribution is 9.10. The Kier molecular flexibility index (Phi) is 3.40. The normalized spacial score (nSPS) is 23.9. The van der Waals surface area contributed by atoms with E-state index >= 15 is 0 Å². The summed E-state index contributed by atoms with van der Waals surface area (Å²) < 4.78 is 5.94. The molecule has 17 heavy (non-hydrogen) atoms. The Morgan fingerprint density at radius 2 is 2.24 bits per heavy atom. The van der Waals surface area contributed by atoms with Crippen molar-refractivity contribution in [2.24, 2.45) is 0 Å². The maximum atomic E-state index is 11.6. The molecule has 1 fully saturated rings. The number of ether oxygens (including phenoxy) is 1. The van der Waals surface area contributed by atoms with E-state index in [2.05, 4.69) is 15.9 Å². The van der Waals surface area contributed by atoms with Gasteiger partial charge in [0.05, 0.1) is 13.2 Å². The first-order valence-electron chi connectivity index (χ1n) is 5.35. The van der Waals surface area contributed by atoms with Crippen molar-refractivity contribution >= 4 is 22.0 Å². The van der Waals surface area contributed by atoms with Gasteiger partial charge in [0.15, 0.2) is 0 Å². The summed E-state index contributed by atoms with van der Waals surface area (Å²) in [5.41, 5.74) is 0.359. The molecule has 0 spiro atoms. The van der Waals surface area contributed by atoms with Crippen LogP contribution in [0.25, 0.3) is 0 Å². The quantitative estimate of drug-likeness (QED) is 0.930. The van der Waals surface area contributed by atoms with Crippen LogP contribution in [0.2, 0.25) is 0 Å². The molecule has 1 heterocycles. The van der Waals surface area contributed by atoms with Gasteiger partial charge in [0.1, 0.15) is 12.1 Å². The summed E-state index contributed by atoms with van der Waals surface area (Å²) in [5.74, 6) is 0. The number of amides is 1. The molecule has 1 aromatic rings. The monoisotopic (exact) mass is 299 g/mol. The third-order valence-corrected chi connectivity index (χ3v) is 3.78. The fraction of sp³-hybridized carbons (Fsp3) is 0.417. The van der Waals surface area contributed by atoms with E-state index in [0.29, 0.717) is 6.54 Å². The zero-order chi connectivity index (χ0) is 12.5. The van der Waals surface area contributed by atoms with Gasteiger partial charge in [0.2, 0.25) is 0 Å². The summed E-state index contributed by atoms with van der Waals surface area (Å²) in [6.45, 7) is 2.36. The number of carbonyl (C=O) groups is 1. The van der Waals surface area contributed by atoms with Crippen LogP contribution >= 0.6 is 15.9 Å². The molecule has 0 bridgehead atoms. The van der Waals surface area contributed by atoms with Crippen LogP contribution in [0.5, 0.6) is 0 Å². The van der Waals surface area contributed by atoms with Gasteiger partial charge in [-0.15, -0.1) is 0 Å². The summed E-state index contributed by atoms with van der Waals surface area (Å²) in [5, 5.41) is 9.38. The molecule has 5 heteroatoms. The standard InChI is InChI=1S/C12H14BrNO3/c1-12(7-15)8-17-11(16)14(12)6-9-4-2-3-5-10(9)13/h2-5,15H,6-8H2,1H3. The lowest BCUT2D eigenvalue weighted by molar-refractivity contribution is 0.0955. The first-order valence-corrected chi connectivity index (χ1v) is 6.15. The maximum Gasteiger partial charge on any atom is 0.410 e. The molecule has 0 radical (unpaired) electrons. The highest BCUT2D eigenvalue weighted by Gasteiger charge is 2.43. The highest BCUT2D eigenvalue weighted by Crippen LogP contribution is 2.28. The van der Waals surface area contributed by atoms with Crippen LogP contribution in [0.4, 0.5) is 4.79 Å². The Hall–Kier alpha value is -1.07. The molecule has 1 amide bonds. The first-order chi connectivity index (χ1) is 8.07. The van der Waals surface area contributed by atoms with E-state index in [1.54, 1.807) is 4.90 Å². The Balaban J connectivity index is 2.23. The van der Waals surface area contributed by atoms with Gasteiger partial charge in [0.25, 0.3) is 0 Å². The number of hydrogen-bond acceptors (Lipinski definition) is 3. The lowest BCUT2D eigenvalue weighted by atomic mass is 10.0. The number of aliphatic hydroxyl groups excluding tert-OH is 1. The first kappa shape index (κ1) is 12.4. The SMILES string of the molecule is CC1(CO)COC(=O)N1Cc1ccccc1Br. The van der Waals surface area contributed by atoms with Crippen LogP contribution in [0.1, 0.15) is 12.5 Å². The minimum Gasteiger partial charge on any atom is -0.447 e. The summed E-state index contributed by atoms with van der Waals surface area (Å²) in [6.07, 6.45) is -0.377. The van der Waals surface area contributed by atoms with Crippen molar-refractivity contribution in [3.63, 3.8) is 0 Å². The van der Waals surface area contributed by atoms with Crippen molar-refractivity contribution in [3.8, 4) is 0 Å². The van der Waals surface area contributed by atoms with Gasteiger partial charge in [-0.25, -0.2) is 4.79 Å². The molecule has 0 aromatic heterocycles. The van der Waals surface area contributed by atoms with E-state index in [9.17, 15) is 9.90 Å². The Bertz CT molecular complexity index is 438. The van der Waals surface area contributed by atoms with Crippen LogP contribution in [-0.4, -0.2) is 34.9 Å². The number of hydrogen-bond donors (Lipinski definition) is 1. The molecule has 1 atom stereocenters. The maximum absolute atomic E-state index is 11.6. The van der Waals surface area contributed by atoms with Gasteiger partial charge in [0, 0.05) is 4.47 Å². The van der Waals surface area contributed by atoms with E-state index in [1.165, 1.54) is 0 Å². The summed E-state index contributed by atoms with van der Waals surface area (Å²) >= 11 is 3.44. The molecular formula is C12H14BrNO3. The molecule has 2 rings (SSSR count). The predicted molar refractivity (Wildman–Crippen MR) is 66.5 cm³/mol. The van der Waals surface area contributed by atoms with E-state index < -0.39 is 5.54 Å². The molecule has 1 N–H and O–H groups in total. The van der Waals surface area contributed by atoms with E-state index in [0.717, 1.165) is 10.0 Å². The lowest BCUT2D eigenvalue weighted by Gasteiger charge is -2.30. The average Bonchev–Trinajstić information content (AvgIpc) is 2.61. The van der Waals surface area contributed by atoms with Crippen LogP contribution in [-0.2, 0) is 11.3 Å². The zero-order valence-electron chi connectivity index (χ0n) is 9.52. The van der Waals surface area contributed by atoms with Gasteiger partial charge in [-0.2, -0.15) is 0 Å². The summed E-state index contributed by atoms with van der Waals surface area (Å²) in [6, 6.07) is 7.69. The number of rotatable bonds is 3. The second-order valence-corrected chi connectivity index (χ2v) is 5.24. The number of benzene rings is 1. The molecule has 1 aliphatic heterocycles. The lowest BCUT2D eigenvalue weighted by Crippen LogP contribution is -2.47. The Labute approximate surface area is 108 Å².